The van der Waals surface area contributed by atoms with Crippen molar-refractivity contribution >= 4 is 17.1 Å². The topological polar surface area (TPSA) is 30.0 Å². The average molecular weight is 285 g/mol. The Kier molecular flexibility index (Phi) is 3.05. The van der Waals surface area contributed by atoms with Gasteiger partial charge in [0.2, 0.25) is 0 Å². The van der Waals surface area contributed by atoms with E-state index in [0.29, 0.717) is 6.42 Å². The first kappa shape index (κ1) is 13.5. The third-order valence-electron chi connectivity index (χ3n) is 4.07. The summed E-state index contributed by atoms with van der Waals surface area (Å²) in [6, 6.07) is 6.27. The maximum absolute atomic E-state index is 12.3. The molecule has 0 saturated heterocycles. The number of fused-ring (bicyclic) bond motifs is 1. The number of carbonyl (C=O) groups excluding carboxylic acids is 1. The minimum Gasteiger partial charge on any atom is -0.293 e. The number of carbonyl (C=O) groups is 1. The minimum atomic E-state index is 0.0388. The standard InChI is InChI=1S/C17H19NOS/c1-10-6-5-7-12(11(10)2)16-18-13-8-17(3,4)9-14(19)15(13)20-16/h5-7H,8-9H2,1-4H3. The van der Waals surface area contributed by atoms with E-state index in [4.69, 9.17) is 4.98 Å². The van der Waals surface area contributed by atoms with Crippen molar-refractivity contribution in [3.63, 3.8) is 0 Å². The molecule has 3 heteroatoms. The van der Waals surface area contributed by atoms with Crippen LogP contribution in [0.15, 0.2) is 18.2 Å². The molecule has 0 fully saturated rings. The zero-order chi connectivity index (χ0) is 14.5. The molecule has 0 aliphatic heterocycles. The van der Waals surface area contributed by atoms with Crippen LogP contribution in [0.3, 0.4) is 0 Å². The van der Waals surface area contributed by atoms with Crippen molar-refractivity contribution in [2.75, 3.05) is 0 Å². The number of nitrogens with zero attached hydrogens (tertiary/aromatic N) is 1. The average Bonchev–Trinajstić information content (AvgIpc) is 2.75. The third-order valence-corrected chi connectivity index (χ3v) is 5.24. The van der Waals surface area contributed by atoms with Crippen LogP contribution < -0.4 is 0 Å². The minimum absolute atomic E-state index is 0.0388. The lowest BCUT2D eigenvalue weighted by molar-refractivity contribution is 0.0916. The van der Waals surface area contributed by atoms with Gasteiger partial charge in [0, 0.05) is 12.0 Å². The molecule has 2 aromatic rings. The van der Waals surface area contributed by atoms with Gasteiger partial charge in [-0.15, -0.1) is 11.3 Å². The van der Waals surface area contributed by atoms with E-state index in [1.54, 1.807) is 11.3 Å². The first-order valence-corrected chi connectivity index (χ1v) is 7.78. The zero-order valence-electron chi connectivity index (χ0n) is 12.4. The Hall–Kier alpha value is -1.48. The van der Waals surface area contributed by atoms with Crippen molar-refractivity contribution in [1.82, 2.24) is 4.98 Å². The highest BCUT2D eigenvalue weighted by molar-refractivity contribution is 7.17. The lowest BCUT2D eigenvalue weighted by atomic mass is 9.78. The Balaban J connectivity index is 2.11. The maximum Gasteiger partial charge on any atom is 0.175 e. The van der Waals surface area contributed by atoms with Crippen molar-refractivity contribution in [3.8, 4) is 10.6 Å². The van der Waals surface area contributed by atoms with Gasteiger partial charge in [0.25, 0.3) is 0 Å². The van der Waals surface area contributed by atoms with Crippen LogP contribution in [-0.2, 0) is 6.42 Å². The maximum atomic E-state index is 12.3. The van der Waals surface area contributed by atoms with Crippen LogP contribution in [0, 0.1) is 19.3 Å². The summed E-state index contributed by atoms with van der Waals surface area (Å²) < 4.78 is 0. The fourth-order valence-corrected chi connectivity index (χ4v) is 3.92. The van der Waals surface area contributed by atoms with Crippen molar-refractivity contribution in [2.45, 2.75) is 40.5 Å². The van der Waals surface area contributed by atoms with E-state index < -0.39 is 0 Å². The number of aryl methyl sites for hydroxylation is 1. The predicted octanol–water partition coefficient (Wildman–Crippen LogP) is 4.58. The molecule has 0 spiro atoms. The van der Waals surface area contributed by atoms with E-state index in [1.165, 1.54) is 11.1 Å². The second-order valence-corrected chi connectivity index (χ2v) is 7.48. The molecular formula is C17H19NOS. The monoisotopic (exact) mass is 285 g/mol. The molecule has 2 nitrogen and oxygen atoms in total. The Morgan fingerprint density at radius 3 is 2.70 bits per heavy atom. The molecule has 0 N–H and O–H groups in total. The van der Waals surface area contributed by atoms with Gasteiger partial charge in [-0.1, -0.05) is 32.0 Å². The van der Waals surface area contributed by atoms with Gasteiger partial charge < -0.3 is 0 Å². The Morgan fingerprint density at radius 1 is 1.20 bits per heavy atom. The van der Waals surface area contributed by atoms with E-state index in [2.05, 4.69) is 45.9 Å². The van der Waals surface area contributed by atoms with E-state index in [9.17, 15) is 4.79 Å². The van der Waals surface area contributed by atoms with Crippen molar-refractivity contribution in [3.05, 3.63) is 39.9 Å². The first-order valence-electron chi connectivity index (χ1n) is 6.97. The second-order valence-electron chi connectivity index (χ2n) is 6.48. The van der Waals surface area contributed by atoms with Gasteiger partial charge in [0.1, 0.15) is 5.01 Å². The van der Waals surface area contributed by atoms with Gasteiger partial charge in [0.05, 0.1) is 10.6 Å². The third kappa shape index (κ3) is 2.20. The van der Waals surface area contributed by atoms with Crippen LogP contribution in [-0.4, -0.2) is 10.8 Å². The number of thiazole rings is 1. The fraction of sp³-hybridized carbons (Fsp3) is 0.412. The van der Waals surface area contributed by atoms with Crippen LogP contribution in [0.2, 0.25) is 0 Å². The largest absolute Gasteiger partial charge is 0.293 e. The molecule has 0 bridgehead atoms. The molecule has 1 aliphatic rings. The summed E-state index contributed by atoms with van der Waals surface area (Å²) in [5.74, 6) is 0.255. The van der Waals surface area contributed by atoms with Gasteiger partial charge in [-0.2, -0.15) is 0 Å². The van der Waals surface area contributed by atoms with Crippen LogP contribution in [0.4, 0.5) is 0 Å². The Morgan fingerprint density at radius 2 is 1.95 bits per heavy atom. The summed E-state index contributed by atoms with van der Waals surface area (Å²) in [5.41, 5.74) is 4.71. The normalized spacial score (nSPS) is 17.1. The molecule has 0 saturated carbocycles. The molecule has 1 heterocycles. The molecule has 1 aliphatic carbocycles. The van der Waals surface area contributed by atoms with E-state index in [0.717, 1.165) is 27.6 Å². The highest BCUT2D eigenvalue weighted by atomic mass is 32.1. The second kappa shape index (κ2) is 4.52. The van der Waals surface area contributed by atoms with Crippen LogP contribution in [0.1, 0.15) is 46.8 Å². The smallest absolute Gasteiger partial charge is 0.175 e. The summed E-state index contributed by atoms with van der Waals surface area (Å²) in [6.07, 6.45) is 1.53. The zero-order valence-corrected chi connectivity index (χ0v) is 13.2. The lowest BCUT2D eigenvalue weighted by Crippen LogP contribution is -2.25. The van der Waals surface area contributed by atoms with Crippen molar-refractivity contribution in [1.29, 1.82) is 0 Å². The molecular weight excluding hydrogens is 266 g/mol. The van der Waals surface area contributed by atoms with Gasteiger partial charge in [-0.05, 0) is 36.8 Å². The van der Waals surface area contributed by atoms with E-state index in [1.807, 2.05) is 0 Å². The number of benzene rings is 1. The molecule has 20 heavy (non-hydrogen) atoms. The SMILES string of the molecule is Cc1cccc(-c2nc3c(s2)C(=O)CC(C)(C)C3)c1C. The predicted molar refractivity (Wildman–Crippen MR) is 83.5 cm³/mol. The van der Waals surface area contributed by atoms with E-state index in [-0.39, 0.29) is 11.2 Å². The van der Waals surface area contributed by atoms with Crippen LogP contribution >= 0.6 is 11.3 Å². The van der Waals surface area contributed by atoms with Crippen molar-refractivity contribution in [2.24, 2.45) is 5.41 Å². The number of Topliss-reactive ketones (excluding diaryl/α,β-unsaturated/α-hetero) is 1. The van der Waals surface area contributed by atoms with Gasteiger partial charge in [-0.3, -0.25) is 4.79 Å². The molecule has 104 valence electrons. The highest BCUT2D eigenvalue weighted by Gasteiger charge is 2.34. The molecule has 0 atom stereocenters. The number of hydrogen-bond donors (Lipinski definition) is 0. The Labute approximate surface area is 123 Å². The van der Waals surface area contributed by atoms with E-state index >= 15 is 0 Å². The summed E-state index contributed by atoms with van der Waals surface area (Å²) >= 11 is 1.56. The van der Waals surface area contributed by atoms with Gasteiger partial charge in [-0.25, -0.2) is 4.98 Å². The highest BCUT2D eigenvalue weighted by Crippen LogP contribution is 2.40. The molecule has 0 unspecified atom stereocenters. The Bertz CT molecular complexity index is 697. The molecule has 1 aromatic heterocycles. The van der Waals surface area contributed by atoms with Gasteiger partial charge >= 0.3 is 0 Å². The number of hydrogen-bond acceptors (Lipinski definition) is 3. The molecule has 0 amide bonds. The fourth-order valence-electron chi connectivity index (χ4n) is 2.82. The first-order chi connectivity index (χ1) is 9.37. The number of rotatable bonds is 1. The summed E-state index contributed by atoms with van der Waals surface area (Å²) in [4.78, 5) is 17.9. The summed E-state index contributed by atoms with van der Waals surface area (Å²) in [7, 11) is 0. The van der Waals surface area contributed by atoms with Gasteiger partial charge in [0.15, 0.2) is 5.78 Å². The summed E-state index contributed by atoms with van der Waals surface area (Å²) in [5, 5.41) is 0.988. The quantitative estimate of drug-likeness (QED) is 0.767. The summed E-state index contributed by atoms with van der Waals surface area (Å²) in [6.45, 7) is 8.52. The van der Waals surface area contributed by atoms with Crippen LogP contribution in [0.5, 0.6) is 0 Å². The number of ketones is 1. The number of aromatic nitrogens is 1. The van der Waals surface area contributed by atoms with Crippen molar-refractivity contribution < 1.29 is 4.79 Å². The molecule has 3 rings (SSSR count). The van der Waals surface area contributed by atoms with Crippen LogP contribution in [0.25, 0.3) is 10.6 Å². The molecule has 1 aromatic carbocycles. The lowest BCUT2D eigenvalue weighted by Gasteiger charge is -2.26. The molecule has 0 radical (unpaired) electrons.